The van der Waals surface area contributed by atoms with E-state index >= 15 is 0 Å². The molecule has 2 aliphatic rings. The van der Waals surface area contributed by atoms with Gasteiger partial charge < -0.3 is 14.9 Å². The lowest BCUT2D eigenvalue weighted by atomic mass is 9.86. The van der Waals surface area contributed by atoms with Crippen molar-refractivity contribution in [1.82, 2.24) is 0 Å². The average Bonchev–Trinajstić information content (AvgIpc) is 2.67. The normalized spacial score (nSPS) is 41.2. The SMILES string of the molecule is C=C/C=C1\[C@H]2C(=O)C=CC2(CO)O[C@@H]1O. The number of carbonyl (C=O) groups excluding carboxylic acids is 1. The second-order valence-corrected chi connectivity index (χ2v) is 3.65. The van der Waals surface area contributed by atoms with Crippen molar-refractivity contribution in [3.05, 3.63) is 36.5 Å². The Hall–Kier alpha value is -1.23. The van der Waals surface area contributed by atoms with Crippen molar-refractivity contribution in [3.8, 4) is 0 Å². The van der Waals surface area contributed by atoms with Crippen LogP contribution in [0.3, 0.4) is 0 Å². The van der Waals surface area contributed by atoms with Gasteiger partial charge in [0.25, 0.3) is 0 Å². The molecule has 1 heterocycles. The molecule has 0 saturated carbocycles. The molecular formula is C11H12O4. The van der Waals surface area contributed by atoms with E-state index in [1.54, 1.807) is 6.08 Å². The number of aliphatic hydroxyl groups excluding tert-OH is 2. The molecule has 4 heteroatoms. The number of ether oxygens (including phenoxy) is 1. The number of hydrogen-bond acceptors (Lipinski definition) is 4. The zero-order valence-corrected chi connectivity index (χ0v) is 8.09. The fourth-order valence-corrected chi connectivity index (χ4v) is 2.12. The first-order valence-corrected chi connectivity index (χ1v) is 4.67. The number of rotatable bonds is 2. The molecule has 1 unspecified atom stereocenters. The van der Waals surface area contributed by atoms with Crippen molar-refractivity contribution in [2.45, 2.75) is 11.9 Å². The van der Waals surface area contributed by atoms with Gasteiger partial charge in [-0.2, -0.15) is 0 Å². The Kier molecular flexibility index (Phi) is 2.34. The second-order valence-electron chi connectivity index (χ2n) is 3.65. The van der Waals surface area contributed by atoms with Gasteiger partial charge in [-0.1, -0.05) is 18.7 Å². The molecule has 0 aromatic heterocycles. The van der Waals surface area contributed by atoms with Crippen molar-refractivity contribution in [2.75, 3.05) is 6.61 Å². The van der Waals surface area contributed by atoms with E-state index in [0.717, 1.165) is 0 Å². The molecule has 0 spiro atoms. The quantitative estimate of drug-likeness (QED) is 0.666. The third kappa shape index (κ3) is 1.30. The van der Waals surface area contributed by atoms with E-state index in [-0.39, 0.29) is 12.4 Å². The Labute approximate surface area is 87.2 Å². The summed E-state index contributed by atoms with van der Waals surface area (Å²) in [6.45, 7) is 3.18. The van der Waals surface area contributed by atoms with E-state index < -0.39 is 17.8 Å². The van der Waals surface area contributed by atoms with Gasteiger partial charge in [0.2, 0.25) is 0 Å². The summed E-state index contributed by atoms with van der Waals surface area (Å²) in [4.78, 5) is 11.6. The van der Waals surface area contributed by atoms with Crippen LogP contribution in [0.15, 0.2) is 36.5 Å². The van der Waals surface area contributed by atoms with E-state index in [9.17, 15) is 15.0 Å². The first-order valence-electron chi connectivity index (χ1n) is 4.67. The largest absolute Gasteiger partial charge is 0.393 e. The Balaban J connectivity index is 2.45. The topological polar surface area (TPSA) is 66.8 Å². The van der Waals surface area contributed by atoms with Gasteiger partial charge in [0.15, 0.2) is 12.1 Å². The standard InChI is InChI=1S/C11H12O4/c1-2-3-7-9-8(13)4-5-11(9,6-12)15-10(7)14/h2-5,9-10,12,14H,1,6H2/b7-3+/t9-,10-,11?/m0/s1. The maximum atomic E-state index is 11.6. The smallest absolute Gasteiger partial charge is 0.179 e. The van der Waals surface area contributed by atoms with Crippen LogP contribution in [0.25, 0.3) is 0 Å². The Bertz CT molecular complexity index is 369. The Morgan fingerprint density at radius 1 is 1.67 bits per heavy atom. The zero-order chi connectivity index (χ0) is 11.1. The lowest BCUT2D eigenvalue weighted by Gasteiger charge is -2.22. The van der Waals surface area contributed by atoms with Gasteiger partial charge in [-0.15, -0.1) is 0 Å². The highest BCUT2D eigenvalue weighted by Crippen LogP contribution is 2.44. The Morgan fingerprint density at radius 3 is 3.00 bits per heavy atom. The summed E-state index contributed by atoms with van der Waals surface area (Å²) >= 11 is 0. The predicted molar refractivity (Wildman–Crippen MR) is 52.8 cm³/mol. The molecule has 2 N–H and O–H groups in total. The Morgan fingerprint density at radius 2 is 2.40 bits per heavy atom. The highest BCUT2D eigenvalue weighted by atomic mass is 16.6. The third-order valence-electron chi connectivity index (χ3n) is 2.81. The molecule has 0 aromatic carbocycles. The molecule has 0 bridgehead atoms. The number of carbonyl (C=O) groups is 1. The second kappa shape index (κ2) is 3.41. The zero-order valence-electron chi connectivity index (χ0n) is 8.09. The fraction of sp³-hybridized carbons (Fsp3) is 0.364. The number of hydrogen-bond donors (Lipinski definition) is 2. The van der Waals surface area contributed by atoms with E-state index in [0.29, 0.717) is 5.57 Å². The minimum Gasteiger partial charge on any atom is -0.393 e. The minimum absolute atomic E-state index is 0.159. The summed E-state index contributed by atoms with van der Waals surface area (Å²) < 4.78 is 5.24. The lowest BCUT2D eigenvalue weighted by Crippen LogP contribution is -2.37. The van der Waals surface area contributed by atoms with E-state index in [1.807, 2.05) is 0 Å². The first kappa shape index (κ1) is 10.3. The maximum absolute atomic E-state index is 11.6. The summed E-state index contributed by atoms with van der Waals surface area (Å²) in [6.07, 6.45) is 4.78. The molecule has 4 nitrogen and oxygen atoms in total. The molecular weight excluding hydrogens is 196 g/mol. The van der Waals surface area contributed by atoms with Crippen LogP contribution in [-0.4, -0.2) is 34.5 Å². The molecule has 0 amide bonds. The minimum atomic E-state index is -1.14. The molecule has 0 aromatic rings. The van der Waals surface area contributed by atoms with Gasteiger partial charge >= 0.3 is 0 Å². The summed E-state index contributed by atoms with van der Waals surface area (Å²) in [6, 6.07) is 0. The van der Waals surface area contributed by atoms with Crippen LogP contribution < -0.4 is 0 Å². The van der Waals surface area contributed by atoms with Gasteiger partial charge in [-0.25, -0.2) is 0 Å². The highest BCUT2D eigenvalue weighted by molar-refractivity contribution is 5.98. The van der Waals surface area contributed by atoms with E-state index in [1.165, 1.54) is 18.2 Å². The van der Waals surface area contributed by atoms with Crippen molar-refractivity contribution < 1.29 is 19.7 Å². The summed E-state index contributed by atoms with van der Waals surface area (Å²) in [5, 5.41) is 18.9. The molecule has 80 valence electrons. The van der Waals surface area contributed by atoms with Crippen LogP contribution in [0.4, 0.5) is 0 Å². The van der Waals surface area contributed by atoms with Crippen LogP contribution >= 0.6 is 0 Å². The van der Waals surface area contributed by atoms with Crippen molar-refractivity contribution in [3.63, 3.8) is 0 Å². The molecule has 2 rings (SSSR count). The van der Waals surface area contributed by atoms with Crippen LogP contribution in [0, 0.1) is 5.92 Å². The average molecular weight is 208 g/mol. The first-order chi connectivity index (χ1) is 7.14. The molecule has 1 aliphatic carbocycles. The third-order valence-corrected chi connectivity index (χ3v) is 2.81. The van der Waals surface area contributed by atoms with E-state index in [2.05, 4.69) is 6.58 Å². The van der Waals surface area contributed by atoms with Crippen molar-refractivity contribution >= 4 is 5.78 Å². The van der Waals surface area contributed by atoms with Crippen LogP contribution in [0.2, 0.25) is 0 Å². The molecule has 1 aliphatic heterocycles. The van der Waals surface area contributed by atoms with Gasteiger partial charge in [-0.3, -0.25) is 4.79 Å². The summed E-state index contributed by atoms with van der Waals surface area (Å²) in [5.41, 5.74) is -0.625. The number of fused-ring (bicyclic) bond motifs is 1. The molecule has 15 heavy (non-hydrogen) atoms. The number of allylic oxidation sites excluding steroid dienone is 3. The number of aliphatic hydroxyl groups is 2. The van der Waals surface area contributed by atoms with Gasteiger partial charge in [0.05, 0.1) is 12.5 Å². The maximum Gasteiger partial charge on any atom is 0.179 e. The molecule has 1 saturated heterocycles. The predicted octanol–water partition coefficient (Wildman–Crippen LogP) is -0.0664. The number of ketones is 1. The van der Waals surface area contributed by atoms with E-state index in [4.69, 9.17) is 4.74 Å². The van der Waals surface area contributed by atoms with Crippen molar-refractivity contribution in [2.24, 2.45) is 5.92 Å². The van der Waals surface area contributed by atoms with Gasteiger partial charge in [0, 0.05) is 0 Å². The van der Waals surface area contributed by atoms with Gasteiger partial charge in [0.1, 0.15) is 5.60 Å². The monoisotopic (exact) mass is 208 g/mol. The summed E-state index contributed by atoms with van der Waals surface area (Å²) in [5.74, 6) is -0.774. The van der Waals surface area contributed by atoms with Crippen molar-refractivity contribution in [1.29, 1.82) is 0 Å². The van der Waals surface area contributed by atoms with Crippen LogP contribution in [-0.2, 0) is 9.53 Å². The molecule has 0 radical (unpaired) electrons. The fourth-order valence-electron chi connectivity index (χ4n) is 2.12. The highest BCUT2D eigenvalue weighted by Gasteiger charge is 2.55. The van der Waals surface area contributed by atoms with Crippen LogP contribution in [0.1, 0.15) is 0 Å². The summed E-state index contributed by atoms with van der Waals surface area (Å²) in [7, 11) is 0. The van der Waals surface area contributed by atoms with Crippen LogP contribution in [0.5, 0.6) is 0 Å². The molecule has 3 atom stereocenters. The lowest BCUT2D eigenvalue weighted by molar-refractivity contribution is -0.136. The molecule has 1 fully saturated rings. The van der Waals surface area contributed by atoms with Gasteiger partial charge in [-0.05, 0) is 17.7 Å².